The maximum absolute atomic E-state index is 12.5. The van der Waals surface area contributed by atoms with Gasteiger partial charge in [0.1, 0.15) is 5.75 Å². The molecule has 34 heavy (non-hydrogen) atoms. The molecule has 9 heteroatoms. The molecule has 0 aliphatic heterocycles. The van der Waals surface area contributed by atoms with Crippen molar-refractivity contribution < 1.29 is 19.8 Å². The number of hydrogen-bond acceptors (Lipinski definition) is 6. The number of carbonyl (C=O) groups is 2. The molecule has 0 saturated carbocycles. The molecule has 0 saturated heterocycles. The van der Waals surface area contributed by atoms with Crippen LogP contribution in [0.3, 0.4) is 0 Å². The van der Waals surface area contributed by atoms with Crippen LogP contribution in [0.5, 0.6) is 5.75 Å². The third kappa shape index (κ3) is 5.62. The Morgan fingerprint density at radius 1 is 0.941 bits per heavy atom. The van der Waals surface area contributed by atoms with E-state index in [1.807, 2.05) is 41.0 Å². The minimum absolute atomic E-state index is 0.0571. The van der Waals surface area contributed by atoms with Crippen molar-refractivity contribution in [2.75, 3.05) is 11.1 Å². The SMILES string of the molecule is O=C(CSc1nnc(-c2ccccc2O)n1CCc1ccccc1)Nc1cccc(C(=O)O)c1. The molecular formula is C25H22N4O4S. The van der Waals surface area contributed by atoms with Crippen LogP contribution < -0.4 is 5.32 Å². The molecule has 4 rings (SSSR count). The monoisotopic (exact) mass is 474 g/mol. The summed E-state index contributed by atoms with van der Waals surface area (Å²) in [6, 6.07) is 23.0. The fraction of sp³-hybridized carbons (Fsp3) is 0.120. The first-order chi connectivity index (χ1) is 16.5. The van der Waals surface area contributed by atoms with Gasteiger partial charge in [0.25, 0.3) is 0 Å². The van der Waals surface area contributed by atoms with E-state index in [0.29, 0.717) is 28.8 Å². The van der Waals surface area contributed by atoms with Crippen LogP contribution in [0.25, 0.3) is 11.4 Å². The van der Waals surface area contributed by atoms with Crippen molar-refractivity contribution in [1.82, 2.24) is 14.8 Å². The van der Waals surface area contributed by atoms with E-state index in [1.54, 1.807) is 30.3 Å². The lowest BCUT2D eigenvalue weighted by atomic mass is 10.1. The first-order valence-electron chi connectivity index (χ1n) is 10.5. The number of carboxylic acids is 1. The number of anilines is 1. The van der Waals surface area contributed by atoms with Crippen molar-refractivity contribution in [3.05, 3.63) is 90.0 Å². The Kier molecular flexibility index (Phi) is 7.24. The number of aromatic nitrogens is 3. The van der Waals surface area contributed by atoms with Gasteiger partial charge in [-0.3, -0.25) is 4.79 Å². The Hall–Kier alpha value is -4.11. The maximum Gasteiger partial charge on any atom is 0.335 e. The van der Waals surface area contributed by atoms with Crippen LogP contribution in [0.1, 0.15) is 15.9 Å². The summed E-state index contributed by atoms with van der Waals surface area (Å²) in [6.07, 6.45) is 0.723. The first-order valence-corrected chi connectivity index (χ1v) is 11.5. The Labute approximate surface area is 200 Å². The summed E-state index contributed by atoms with van der Waals surface area (Å²) in [5, 5.41) is 31.3. The van der Waals surface area contributed by atoms with Gasteiger partial charge in [-0.2, -0.15) is 0 Å². The number of phenolic OH excluding ortho intramolecular Hbond substituents is 1. The van der Waals surface area contributed by atoms with Crippen LogP contribution in [-0.4, -0.2) is 42.6 Å². The topological polar surface area (TPSA) is 117 Å². The molecule has 0 radical (unpaired) electrons. The van der Waals surface area contributed by atoms with E-state index in [0.717, 1.165) is 12.0 Å². The molecule has 3 aromatic carbocycles. The van der Waals surface area contributed by atoms with Crippen molar-refractivity contribution in [3.8, 4) is 17.1 Å². The molecule has 0 atom stereocenters. The first kappa shape index (κ1) is 23.1. The second-order valence-corrected chi connectivity index (χ2v) is 8.38. The summed E-state index contributed by atoms with van der Waals surface area (Å²) in [5.41, 5.74) is 2.21. The number of carbonyl (C=O) groups excluding carboxylic acids is 1. The van der Waals surface area contributed by atoms with E-state index in [4.69, 9.17) is 5.11 Å². The van der Waals surface area contributed by atoms with Gasteiger partial charge in [-0.25, -0.2) is 4.79 Å². The number of para-hydroxylation sites is 1. The number of benzene rings is 3. The van der Waals surface area contributed by atoms with Crippen LogP contribution in [-0.2, 0) is 17.8 Å². The molecule has 3 N–H and O–H groups in total. The normalized spacial score (nSPS) is 10.7. The van der Waals surface area contributed by atoms with E-state index in [-0.39, 0.29) is 23.0 Å². The summed E-state index contributed by atoms with van der Waals surface area (Å²) < 4.78 is 1.89. The number of aryl methyl sites for hydroxylation is 1. The quantitative estimate of drug-likeness (QED) is 0.309. The van der Waals surface area contributed by atoms with E-state index in [2.05, 4.69) is 15.5 Å². The Balaban J connectivity index is 1.51. The average Bonchev–Trinajstić information content (AvgIpc) is 3.25. The molecule has 8 nitrogen and oxygen atoms in total. The molecule has 4 aromatic rings. The lowest BCUT2D eigenvalue weighted by molar-refractivity contribution is -0.113. The van der Waals surface area contributed by atoms with Gasteiger partial charge in [0, 0.05) is 12.2 Å². The molecule has 1 aromatic heterocycles. The van der Waals surface area contributed by atoms with Crippen LogP contribution in [0.15, 0.2) is 84.0 Å². The number of carboxylic acid groups (broad SMARTS) is 1. The predicted molar refractivity (Wildman–Crippen MR) is 130 cm³/mol. The molecule has 0 spiro atoms. The molecule has 172 valence electrons. The van der Waals surface area contributed by atoms with Gasteiger partial charge in [0.2, 0.25) is 5.91 Å². The van der Waals surface area contributed by atoms with E-state index >= 15 is 0 Å². The summed E-state index contributed by atoms with van der Waals surface area (Å²) in [6.45, 7) is 0.561. The van der Waals surface area contributed by atoms with Gasteiger partial charge in [-0.15, -0.1) is 10.2 Å². The Morgan fingerprint density at radius 3 is 2.47 bits per heavy atom. The minimum atomic E-state index is -1.06. The highest BCUT2D eigenvalue weighted by Crippen LogP contribution is 2.30. The van der Waals surface area contributed by atoms with Crippen LogP contribution in [0, 0.1) is 0 Å². The van der Waals surface area contributed by atoms with Crippen molar-refractivity contribution in [2.45, 2.75) is 18.1 Å². The van der Waals surface area contributed by atoms with Gasteiger partial charge < -0.3 is 20.1 Å². The summed E-state index contributed by atoms with van der Waals surface area (Å²) >= 11 is 1.22. The number of rotatable bonds is 9. The van der Waals surface area contributed by atoms with Gasteiger partial charge in [0.05, 0.1) is 16.9 Å². The zero-order chi connectivity index (χ0) is 23.9. The number of aromatic hydroxyl groups is 1. The lowest BCUT2D eigenvalue weighted by Crippen LogP contribution is -2.15. The van der Waals surface area contributed by atoms with Gasteiger partial charge >= 0.3 is 5.97 Å². The summed E-state index contributed by atoms with van der Waals surface area (Å²) in [7, 11) is 0. The van der Waals surface area contributed by atoms with Gasteiger partial charge in [-0.05, 0) is 42.3 Å². The maximum atomic E-state index is 12.5. The van der Waals surface area contributed by atoms with Crippen molar-refractivity contribution in [2.24, 2.45) is 0 Å². The largest absolute Gasteiger partial charge is 0.507 e. The third-order valence-corrected chi connectivity index (χ3v) is 6.02. The number of thioether (sulfide) groups is 1. The van der Waals surface area contributed by atoms with Crippen molar-refractivity contribution in [3.63, 3.8) is 0 Å². The van der Waals surface area contributed by atoms with Gasteiger partial charge in [-0.1, -0.05) is 60.3 Å². The molecule has 1 amide bonds. The number of aromatic carboxylic acids is 1. The molecule has 0 aliphatic carbocycles. The molecule has 0 aliphatic rings. The van der Waals surface area contributed by atoms with Crippen molar-refractivity contribution >= 4 is 29.3 Å². The molecule has 1 heterocycles. The van der Waals surface area contributed by atoms with Crippen LogP contribution >= 0.6 is 11.8 Å². The fourth-order valence-electron chi connectivity index (χ4n) is 3.40. The third-order valence-electron chi connectivity index (χ3n) is 5.05. The minimum Gasteiger partial charge on any atom is -0.507 e. The van der Waals surface area contributed by atoms with Gasteiger partial charge in [0.15, 0.2) is 11.0 Å². The fourth-order valence-corrected chi connectivity index (χ4v) is 4.17. The van der Waals surface area contributed by atoms with Crippen molar-refractivity contribution in [1.29, 1.82) is 0 Å². The highest BCUT2D eigenvalue weighted by molar-refractivity contribution is 7.99. The standard InChI is InChI=1S/C25H22N4O4S/c30-21-12-5-4-11-20(21)23-27-28-25(29(23)14-13-17-7-2-1-3-8-17)34-16-22(31)26-19-10-6-9-18(15-19)24(32)33/h1-12,15,30H,13-14,16H2,(H,26,31)(H,32,33). The predicted octanol–water partition coefficient (Wildman–Crippen LogP) is 4.32. The number of nitrogens with zero attached hydrogens (tertiary/aromatic N) is 3. The Morgan fingerprint density at radius 2 is 1.71 bits per heavy atom. The average molecular weight is 475 g/mol. The second kappa shape index (κ2) is 10.7. The molecule has 0 bridgehead atoms. The molecule has 0 unspecified atom stereocenters. The smallest absolute Gasteiger partial charge is 0.335 e. The Bertz CT molecular complexity index is 1310. The number of phenols is 1. The van der Waals surface area contributed by atoms with E-state index in [9.17, 15) is 14.7 Å². The molecular weight excluding hydrogens is 452 g/mol. The molecule has 0 fully saturated rings. The number of hydrogen-bond donors (Lipinski definition) is 3. The van der Waals surface area contributed by atoms with Crippen LogP contribution in [0.4, 0.5) is 5.69 Å². The number of amides is 1. The second-order valence-electron chi connectivity index (χ2n) is 7.43. The summed E-state index contributed by atoms with van der Waals surface area (Å²) in [4.78, 5) is 23.7. The highest BCUT2D eigenvalue weighted by atomic mass is 32.2. The van der Waals surface area contributed by atoms with E-state index in [1.165, 1.54) is 23.9 Å². The van der Waals surface area contributed by atoms with E-state index < -0.39 is 5.97 Å². The van der Waals surface area contributed by atoms with Crippen LogP contribution in [0.2, 0.25) is 0 Å². The zero-order valence-electron chi connectivity index (χ0n) is 18.1. The lowest BCUT2D eigenvalue weighted by Gasteiger charge is -2.11. The zero-order valence-corrected chi connectivity index (χ0v) is 18.9. The highest BCUT2D eigenvalue weighted by Gasteiger charge is 2.18. The summed E-state index contributed by atoms with van der Waals surface area (Å²) in [5.74, 6) is -0.681. The number of nitrogens with one attached hydrogen (secondary N) is 1.